The van der Waals surface area contributed by atoms with E-state index in [1.54, 1.807) is 0 Å². The highest BCUT2D eigenvalue weighted by Gasteiger charge is 2.28. The zero-order valence-electron chi connectivity index (χ0n) is 8.28. The molecule has 1 fully saturated rings. The Balaban J connectivity index is 2.39. The average Bonchev–Trinajstić information content (AvgIpc) is 3.02. The molecule has 3 rings (SSSR count). The van der Waals surface area contributed by atoms with Crippen LogP contribution >= 0.6 is 0 Å². The summed E-state index contributed by atoms with van der Waals surface area (Å²) >= 11 is 0. The van der Waals surface area contributed by atoms with Crippen LogP contribution in [0.5, 0.6) is 0 Å². The fourth-order valence-corrected chi connectivity index (χ4v) is 1.65. The molecule has 4 N–H and O–H groups in total. The van der Waals surface area contributed by atoms with Crippen molar-refractivity contribution in [3.05, 3.63) is 26.4 Å². The van der Waals surface area contributed by atoms with E-state index in [0.29, 0.717) is 5.69 Å². The highest BCUT2D eigenvalue weighted by molar-refractivity contribution is 5.69. The van der Waals surface area contributed by atoms with Gasteiger partial charge in [0.2, 0.25) is 5.95 Å². The van der Waals surface area contributed by atoms with Crippen molar-refractivity contribution in [2.45, 2.75) is 18.8 Å². The zero-order valence-corrected chi connectivity index (χ0v) is 8.28. The Morgan fingerprint density at radius 1 is 1.12 bits per heavy atom. The molecule has 0 amide bonds. The van der Waals surface area contributed by atoms with Crippen LogP contribution < -0.4 is 16.9 Å². The third kappa shape index (κ3) is 1.28. The summed E-state index contributed by atoms with van der Waals surface area (Å²) in [5, 5.41) is 0. The lowest BCUT2D eigenvalue weighted by molar-refractivity contribution is 0.965. The van der Waals surface area contributed by atoms with Gasteiger partial charge in [0.25, 0.3) is 11.1 Å². The van der Waals surface area contributed by atoms with Crippen molar-refractivity contribution in [3.8, 4) is 0 Å². The zero-order chi connectivity index (χ0) is 11.3. The number of hydrogen-bond donors (Lipinski definition) is 3. The number of anilines is 1. The monoisotopic (exact) mass is 219 g/mol. The lowest BCUT2D eigenvalue weighted by Gasteiger charge is -2.00. The van der Waals surface area contributed by atoms with Crippen LogP contribution in [0.4, 0.5) is 5.95 Å². The van der Waals surface area contributed by atoms with Gasteiger partial charge in [-0.2, -0.15) is 4.98 Å². The molecule has 1 aliphatic carbocycles. The molecule has 0 aliphatic heterocycles. The van der Waals surface area contributed by atoms with Gasteiger partial charge in [-0.3, -0.25) is 14.6 Å². The van der Waals surface area contributed by atoms with E-state index in [2.05, 4.69) is 19.9 Å². The molecule has 2 heterocycles. The minimum Gasteiger partial charge on any atom is -0.369 e. The van der Waals surface area contributed by atoms with Gasteiger partial charge >= 0.3 is 0 Å². The lowest BCUT2D eigenvalue weighted by Crippen LogP contribution is -2.21. The summed E-state index contributed by atoms with van der Waals surface area (Å²) < 4.78 is 0. The maximum Gasteiger partial charge on any atom is 0.278 e. The average molecular weight is 219 g/mol. The van der Waals surface area contributed by atoms with Gasteiger partial charge in [0.1, 0.15) is 5.69 Å². The van der Waals surface area contributed by atoms with Crippen LogP contribution in [0.3, 0.4) is 0 Å². The Morgan fingerprint density at radius 3 is 2.56 bits per heavy atom. The molecular weight excluding hydrogens is 210 g/mol. The Hall–Kier alpha value is -2.18. The molecule has 0 aromatic carbocycles. The van der Waals surface area contributed by atoms with Crippen LogP contribution in [-0.2, 0) is 0 Å². The summed E-state index contributed by atoms with van der Waals surface area (Å²) in [4.78, 5) is 35.9. The van der Waals surface area contributed by atoms with Gasteiger partial charge in [-0.15, -0.1) is 0 Å². The van der Waals surface area contributed by atoms with E-state index in [0.717, 1.165) is 12.8 Å². The number of nitrogens with two attached hydrogens (primary N) is 1. The van der Waals surface area contributed by atoms with E-state index < -0.39 is 5.56 Å². The second kappa shape index (κ2) is 2.91. The maximum absolute atomic E-state index is 11.6. The van der Waals surface area contributed by atoms with Crippen molar-refractivity contribution in [2.75, 3.05) is 5.73 Å². The van der Waals surface area contributed by atoms with E-state index >= 15 is 0 Å². The number of aromatic amines is 2. The minimum atomic E-state index is -0.477. The van der Waals surface area contributed by atoms with Crippen molar-refractivity contribution in [1.82, 2.24) is 19.9 Å². The number of aromatic nitrogens is 4. The van der Waals surface area contributed by atoms with Crippen LogP contribution in [0.15, 0.2) is 9.59 Å². The largest absolute Gasteiger partial charge is 0.369 e. The third-order valence-corrected chi connectivity index (χ3v) is 2.58. The van der Waals surface area contributed by atoms with Crippen molar-refractivity contribution < 1.29 is 0 Å². The van der Waals surface area contributed by atoms with Crippen LogP contribution in [0, 0.1) is 0 Å². The molecule has 0 spiro atoms. The van der Waals surface area contributed by atoms with Crippen LogP contribution in [-0.4, -0.2) is 19.9 Å². The summed E-state index contributed by atoms with van der Waals surface area (Å²) in [5.41, 5.74) is 5.33. The Bertz CT molecular complexity index is 682. The number of nitrogens with one attached hydrogen (secondary N) is 2. The fourth-order valence-electron chi connectivity index (χ4n) is 1.65. The van der Waals surface area contributed by atoms with Crippen LogP contribution in [0.1, 0.15) is 24.5 Å². The topological polar surface area (TPSA) is 118 Å². The van der Waals surface area contributed by atoms with Crippen molar-refractivity contribution in [1.29, 1.82) is 0 Å². The number of rotatable bonds is 1. The van der Waals surface area contributed by atoms with Crippen molar-refractivity contribution >= 4 is 17.1 Å². The Morgan fingerprint density at radius 2 is 1.88 bits per heavy atom. The van der Waals surface area contributed by atoms with E-state index in [-0.39, 0.29) is 28.6 Å². The summed E-state index contributed by atoms with van der Waals surface area (Å²) in [6.45, 7) is 0. The number of fused-ring (bicyclic) bond motifs is 1. The molecule has 7 nitrogen and oxygen atoms in total. The standard InChI is InChI=1S/C9H9N5O2/c10-9-13-6-5(8(16)14-9)12-7(15)4(11-6)3-1-2-3/h3H,1-2H2,(H,12,15)(H3,10,11,13,14,16). The van der Waals surface area contributed by atoms with Gasteiger partial charge in [-0.05, 0) is 12.8 Å². The number of H-pyrrole nitrogens is 2. The lowest BCUT2D eigenvalue weighted by atomic mass is 10.3. The highest BCUT2D eigenvalue weighted by atomic mass is 16.1. The van der Waals surface area contributed by atoms with Gasteiger partial charge in [0.05, 0.1) is 0 Å². The number of nitrogens with zero attached hydrogens (tertiary/aromatic N) is 2. The highest BCUT2D eigenvalue weighted by Crippen LogP contribution is 2.37. The SMILES string of the molecule is Nc1nc2nc(C3CC3)c(=O)[nH]c2c(=O)[nH]1. The molecule has 16 heavy (non-hydrogen) atoms. The Labute approximate surface area is 88.7 Å². The first kappa shape index (κ1) is 9.08. The summed E-state index contributed by atoms with van der Waals surface area (Å²) in [6, 6.07) is 0. The van der Waals surface area contributed by atoms with Crippen LogP contribution in [0.25, 0.3) is 11.2 Å². The predicted molar refractivity (Wildman–Crippen MR) is 57.2 cm³/mol. The molecule has 2 aromatic heterocycles. The maximum atomic E-state index is 11.6. The quantitative estimate of drug-likeness (QED) is 0.595. The van der Waals surface area contributed by atoms with Gasteiger partial charge in [-0.25, -0.2) is 4.98 Å². The molecule has 82 valence electrons. The summed E-state index contributed by atoms with van der Waals surface area (Å²) in [6.07, 6.45) is 1.92. The molecule has 0 bridgehead atoms. The first-order chi connectivity index (χ1) is 7.65. The third-order valence-electron chi connectivity index (χ3n) is 2.58. The smallest absolute Gasteiger partial charge is 0.278 e. The molecule has 0 radical (unpaired) electrons. The normalized spacial score (nSPS) is 15.5. The number of nitrogen functional groups attached to an aromatic ring is 1. The van der Waals surface area contributed by atoms with E-state index in [1.165, 1.54) is 0 Å². The second-order valence-electron chi connectivity index (χ2n) is 3.88. The van der Waals surface area contributed by atoms with Gasteiger partial charge in [0, 0.05) is 5.92 Å². The van der Waals surface area contributed by atoms with Crippen molar-refractivity contribution in [3.63, 3.8) is 0 Å². The molecule has 1 aliphatic rings. The van der Waals surface area contributed by atoms with Gasteiger partial charge in [0.15, 0.2) is 11.2 Å². The van der Waals surface area contributed by atoms with Gasteiger partial charge < -0.3 is 10.7 Å². The molecule has 0 saturated heterocycles. The molecular formula is C9H9N5O2. The van der Waals surface area contributed by atoms with Gasteiger partial charge in [-0.1, -0.05) is 0 Å². The van der Waals surface area contributed by atoms with Crippen molar-refractivity contribution in [2.24, 2.45) is 0 Å². The Kier molecular flexibility index (Phi) is 1.65. The first-order valence-corrected chi connectivity index (χ1v) is 4.95. The van der Waals surface area contributed by atoms with E-state index in [9.17, 15) is 9.59 Å². The van der Waals surface area contributed by atoms with Crippen LogP contribution in [0.2, 0.25) is 0 Å². The predicted octanol–water partition coefficient (Wildman–Crippen LogP) is -0.534. The van der Waals surface area contributed by atoms with E-state index in [4.69, 9.17) is 5.73 Å². The summed E-state index contributed by atoms with van der Waals surface area (Å²) in [5.74, 6) is 0.203. The molecule has 0 atom stereocenters. The second-order valence-corrected chi connectivity index (χ2v) is 3.88. The number of hydrogen-bond acceptors (Lipinski definition) is 5. The fraction of sp³-hybridized carbons (Fsp3) is 0.333. The molecule has 1 saturated carbocycles. The van der Waals surface area contributed by atoms with E-state index in [1.807, 2.05) is 0 Å². The summed E-state index contributed by atoms with van der Waals surface area (Å²) in [7, 11) is 0. The molecule has 7 heteroatoms. The first-order valence-electron chi connectivity index (χ1n) is 4.95. The minimum absolute atomic E-state index is 0.00111. The molecule has 0 unspecified atom stereocenters. The molecule has 2 aromatic rings.